The molecule has 0 saturated heterocycles. The zero-order valence-electron chi connectivity index (χ0n) is 23.2. The second-order valence-electron chi connectivity index (χ2n) is 9.25. The predicted molar refractivity (Wildman–Crippen MR) is 152 cm³/mol. The Labute approximate surface area is 232 Å². The SMILES string of the molecule is COc1ccccc1NC(=O)C1=C(C)Nc2nc(-c3ccc(C)cc3)nn2C1c1cc(OC)c(OC)c(OC)c1. The number of rotatable bonds is 8. The highest BCUT2D eigenvalue weighted by Gasteiger charge is 2.36. The number of anilines is 2. The number of allylic oxidation sites excluding steroid dienone is 1. The van der Waals surface area contributed by atoms with Gasteiger partial charge in [0.15, 0.2) is 17.3 Å². The molecule has 0 bridgehead atoms. The summed E-state index contributed by atoms with van der Waals surface area (Å²) < 4.78 is 24.0. The highest BCUT2D eigenvalue weighted by molar-refractivity contribution is 6.06. The summed E-state index contributed by atoms with van der Waals surface area (Å²) in [7, 11) is 6.21. The van der Waals surface area contributed by atoms with Gasteiger partial charge in [0.2, 0.25) is 11.7 Å². The van der Waals surface area contributed by atoms with Crippen LogP contribution in [0.1, 0.15) is 24.1 Å². The minimum atomic E-state index is -0.675. The van der Waals surface area contributed by atoms with Crippen molar-refractivity contribution in [2.75, 3.05) is 39.1 Å². The highest BCUT2D eigenvalue weighted by atomic mass is 16.5. The summed E-state index contributed by atoms with van der Waals surface area (Å²) >= 11 is 0. The zero-order valence-corrected chi connectivity index (χ0v) is 23.2. The van der Waals surface area contributed by atoms with Gasteiger partial charge in [0.25, 0.3) is 5.91 Å². The molecule has 1 aromatic heterocycles. The van der Waals surface area contributed by atoms with Crippen LogP contribution in [0.15, 0.2) is 71.9 Å². The number of fused-ring (bicyclic) bond motifs is 1. The topological polar surface area (TPSA) is 109 Å². The Morgan fingerprint density at radius 2 is 1.52 bits per heavy atom. The maximum atomic E-state index is 14.0. The maximum absolute atomic E-state index is 14.0. The van der Waals surface area contributed by atoms with Gasteiger partial charge in [0.05, 0.1) is 39.7 Å². The van der Waals surface area contributed by atoms with Crippen molar-refractivity contribution in [3.8, 4) is 34.4 Å². The molecule has 3 aromatic carbocycles. The van der Waals surface area contributed by atoms with Gasteiger partial charge in [-0.2, -0.15) is 4.98 Å². The van der Waals surface area contributed by atoms with Crippen LogP contribution in [0.4, 0.5) is 11.6 Å². The lowest BCUT2D eigenvalue weighted by molar-refractivity contribution is -0.113. The number of benzene rings is 3. The van der Waals surface area contributed by atoms with Gasteiger partial charge in [0, 0.05) is 11.3 Å². The lowest BCUT2D eigenvalue weighted by Gasteiger charge is -2.29. The van der Waals surface area contributed by atoms with Crippen molar-refractivity contribution in [1.82, 2.24) is 14.8 Å². The number of hydrogen-bond donors (Lipinski definition) is 2. The van der Waals surface area contributed by atoms with Crippen molar-refractivity contribution < 1.29 is 23.7 Å². The number of hydrogen-bond acceptors (Lipinski definition) is 8. The second kappa shape index (κ2) is 11.0. The number of ether oxygens (including phenoxy) is 4. The molecule has 10 nitrogen and oxygen atoms in total. The Balaban J connectivity index is 1.67. The largest absolute Gasteiger partial charge is 0.495 e. The smallest absolute Gasteiger partial charge is 0.255 e. The van der Waals surface area contributed by atoms with Crippen LogP contribution < -0.4 is 29.6 Å². The number of nitrogens with zero attached hydrogens (tertiary/aromatic N) is 3. The lowest BCUT2D eigenvalue weighted by atomic mass is 9.94. The van der Waals surface area contributed by atoms with Crippen LogP contribution in [0.3, 0.4) is 0 Å². The van der Waals surface area contributed by atoms with Crippen LogP contribution in [0.5, 0.6) is 23.0 Å². The Morgan fingerprint density at radius 3 is 2.15 bits per heavy atom. The van der Waals surface area contributed by atoms with Gasteiger partial charge >= 0.3 is 0 Å². The first-order valence-electron chi connectivity index (χ1n) is 12.6. The number of carbonyl (C=O) groups is 1. The Morgan fingerprint density at radius 1 is 0.875 bits per heavy atom. The van der Waals surface area contributed by atoms with E-state index < -0.39 is 6.04 Å². The fourth-order valence-electron chi connectivity index (χ4n) is 4.78. The number of para-hydroxylation sites is 2. The summed E-state index contributed by atoms with van der Waals surface area (Å²) in [6, 6.07) is 18.2. The normalized spacial score (nSPS) is 14.2. The van der Waals surface area contributed by atoms with Crippen LogP contribution in [0.25, 0.3) is 11.4 Å². The summed E-state index contributed by atoms with van der Waals surface area (Å²) in [5.41, 5.74) is 4.30. The molecule has 10 heteroatoms. The molecule has 1 aliphatic heterocycles. The first kappa shape index (κ1) is 26.6. The molecule has 0 saturated carbocycles. The monoisotopic (exact) mass is 541 g/mol. The third-order valence-electron chi connectivity index (χ3n) is 6.76. The standard InChI is InChI=1S/C30H31N5O5/c1-17-11-13-19(14-12-17)28-33-30-31-18(2)25(29(36)32-21-9-7-8-10-22(21)37-3)26(35(30)34-28)20-15-23(38-4)27(40-6)24(16-20)39-5/h7-16,26H,1-6H3,(H,32,36)(H,31,33,34). The molecule has 0 spiro atoms. The van der Waals surface area contributed by atoms with Gasteiger partial charge < -0.3 is 29.6 Å². The molecule has 1 amide bonds. The van der Waals surface area contributed by atoms with E-state index in [-0.39, 0.29) is 5.91 Å². The zero-order chi connectivity index (χ0) is 28.4. The molecule has 40 heavy (non-hydrogen) atoms. The van der Waals surface area contributed by atoms with Crippen molar-refractivity contribution in [2.24, 2.45) is 0 Å². The van der Waals surface area contributed by atoms with Crippen molar-refractivity contribution in [3.63, 3.8) is 0 Å². The van der Waals surface area contributed by atoms with E-state index >= 15 is 0 Å². The molecular weight excluding hydrogens is 510 g/mol. The average molecular weight is 542 g/mol. The van der Waals surface area contributed by atoms with Gasteiger partial charge in [0.1, 0.15) is 11.8 Å². The fourth-order valence-corrected chi connectivity index (χ4v) is 4.78. The summed E-state index contributed by atoms with van der Waals surface area (Å²) in [5.74, 6) is 2.61. The average Bonchev–Trinajstić information content (AvgIpc) is 3.39. The predicted octanol–water partition coefficient (Wildman–Crippen LogP) is 5.22. The third-order valence-corrected chi connectivity index (χ3v) is 6.76. The van der Waals surface area contributed by atoms with Crippen LogP contribution in [0, 0.1) is 6.92 Å². The fraction of sp³-hybridized carbons (Fsp3) is 0.233. The van der Waals surface area contributed by atoms with Crippen molar-refractivity contribution in [2.45, 2.75) is 19.9 Å². The molecule has 206 valence electrons. The quantitative estimate of drug-likeness (QED) is 0.313. The van der Waals surface area contributed by atoms with Crippen molar-refractivity contribution in [3.05, 3.63) is 83.1 Å². The summed E-state index contributed by atoms with van der Waals surface area (Å²) in [6.07, 6.45) is 0. The van der Waals surface area contributed by atoms with Crippen LogP contribution >= 0.6 is 0 Å². The summed E-state index contributed by atoms with van der Waals surface area (Å²) in [4.78, 5) is 18.7. The van der Waals surface area contributed by atoms with Gasteiger partial charge in [-0.1, -0.05) is 42.0 Å². The van der Waals surface area contributed by atoms with E-state index in [9.17, 15) is 4.79 Å². The van der Waals surface area contributed by atoms with Crippen molar-refractivity contribution >= 4 is 17.5 Å². The molecule has 1 atom stereocenters. The van der Waals surface area contributed by atoms with E-state index in [1.807, 2.05) is 62.4 Å². The number of amides is 1. The first-order valence-corrected chi connectivity index (χ1v) is 12.6. The molecule has 1 unspecified atom stereocenters. The van der Waals surface area contributed by atoms with E-state index in [2.05, 4.69) is 10.6 Å². The van der Waals surface area contributed by atoms with Crippen molar-refractivity contribution in [1.29, 1.82) is 0 Å². The Hall–Kier alpha value is -4.99. The molecule has 2 N–H and O–H groups in total. The van der Waals surface area contributed by atoms with E-state index in [4.69, 9.17) is 29.0 Å². The molecule has 1 aliphatic rings. The number of nitrogens with one attached hydrogen (secondary N) is 2. The molecule has 2 heterocycles. The van der Waals surface area contributed by atoms with Crippen LogP contribution in [0.2, 0.25) is 0 Å². The summed E-state index contributed by atoms with van der Waals surface area (Å²) in [6.45, 7) is 3.86. The van der Waals surface area contributed by atoms with Gasteiger partial charge in [-0.25, -0.2) is 4.68 Å². The molecule has 0 fully saturated rings. The Bertz CT molecular complexity index is 1570. The number of aromatic nitrogens is 3. The lowest BCUT2D eigenvalue weighted by Crippen LogP contribution is -2.31. The number of aryl methyl sites for hydroxylation is 1. The first-order chi connectivity index (χ1) is 19.4. The number of methoxy groups -OCH3 is 4. The van der Waals surface area contributed by atoms with Gasteiger partial charge in [-0.05, 0) is 43.7 Å². The molecule has 0 aliphatic carbocycles. The molecule has 0 radical (unpaired) electrons. The number of carbonyl (C=O) groups excluding carboxylic acids is 1. The van der Waals surface area contributed by atoms with Gasteiger partial charge in [-0.3, -0.25) is 4.79 Å². The Kier molecular flexibility index (Phi) is 7.33. The highest BCUT2D eigenvalue weighted by Crippen LogP contribution is 2.44. The maximum Gasteiger partial charge on any atom is 0.255 e. The molecular formula is C30H31N5O5. The second-order valence-corrected chi connectivity index (χ2v) is 9.25. The molecule has 4 aromatic rings. The van der Waals surface area contributed by atoms with E-state index in [1.165, 1.54) is 0 Å². The minimum absolute atomic E-state index is 0.328. The van der Waals surface area contributed by atoms with E-state index in [0.29, 0.717) is 57.3 Å². The van der Waals surface area contributed by atoms with E-state index in [1.54, 1.807) is 45.3 Å². The minimum Gasteiger partial charge on any atom is -0.495 e. The van der Waals surface area contributed by atoms with Crippen LogP contribution in [-0.2, 0) is 4.79 Å². The van der Waals surface area contributed by atoms with Crippen LogP contribution in [-0.4, -0.2) is 49.1 Å². The third kappa shape index (κ3) is 4.79. The summed E-state index contributed by atoms with van der Waals surface area (Å²) in [5, 5.41) is 11.1. The van der Waals surface area contributed by atoms with Gasteiger partial charge in [-0.15, -0.1) is 5.10 Å². The molecule has 5 rings (SSSR count). The van der Waals surface area contributed by atoms with E-state index in [0.717, 1.165) is 11.1 Å².